The molecule has 16 rings (SSSR count). The van der Waals surface area contributed by atoms with Crippen molar-refractivity contribution in [3.05, 3.63) is 106 Å². The van der Waals surface area contributed by atoms with Gasteiger partial charge in [-0.2, -0.15) is 0 Å². The molecule has 4 aromatic carbocycles. The van der Waals surface area contributed by atoms with E-state index in [0.717, 1.165) is 98.7 Å². The lowest BCUT2D eigenvalue weighted by atomic mass is 9.48. The molecular weight excluding hydrogens is 1010 g/mol. The van der Waals surface area contributed by atoms with E-state index < -0.39 is 45.3 Å². The summed E-state index contributed by atoms with van der Waals surface area (Å²) < 4.78 is 13.0. The lowest BCUT2D eigenvalue weighted by Crippen LogP contribution is -2.78. The highest BCUT2D eigenvalue weighted by Gasteiger charge is 2.75. The van der Waals surface area contributed by atoms with E-state index in [1.807, 2.05) is 43.3 Å². The van der Waals surface area contributed by atoms with Gasteiger partial charge in [0.1, 0.15) is 23.7 Å². The standard InChI is InChI=1S/C31H36N2O6.C21H28N2O4.C10H10O3/c1-32(28(36)21-15-20(21)17-2-5-19(34)6-3-17)22-8-9-31(38)24-14-18-4-7-23(35)26-25(18)30(31,27(22)39-26)12-13-33(24)16-29(37)10-11-29;1-22-13-4-5-21(26)15-10-12-2-3-14(24)17-16(12)20(21,18(13)27-17)8-9-23(15)11-19(25)6-7-19;11-7-3-1-6(2-4-7)8-5-9(8)10(12)13/h2-7,20-22,24,27,34-35,37-38H,8-16H2,1H3;2-3,13,15,18,22,24-26H,4-11H2,1H3;1-4,8-9,11H,5H2,(H,12,13)/t20?,21?,22-,24?,27+,30+,31-;13-,15?,18+,20+,21-;/m11./s1. The van der Waals surface area contributed by atoms with Gasteiger partial charge in [-0.15, -0.1) is 0 Å². The number of hydrogen-bond acceptors (Lipinski definition) is 15. The Labute approximate surface area is 459 Å². The van der Waals surface area contributed by atoms with Crippen LogP contribution in [0, 0.1) is 11.8 Å². The summed E-state index contributed by atoms with van der Waals surface area (Å²) in [5.74, 6) is 1.12. The Bertz CT molecular complexity index is 3130. The van der Waals surface area contributed by atoms with Crippen molar-refractivity contribution in [3.8, 4) is 34.5 Å². The summed E-state index contributed by atoms with van der Waals surface area (Å²) in [5.41, 5.74) is 1.99. The monoisotopic (exact) mass is 1080 g/mol. The smallest absolute Gasteiger partial charge is 0.307 e. The molecule has 8 aliphatic carbocycles. The maximum absolute atomic E-state index is 13.8. The minimum atomic E-state index is -1.07. The van der Waals surface area contributed by atoms with Gasteiger partial charge in [0.25, 0.3) is 0 Å². The normalized spacial score (nSPS) is 37.9. The Morgan fingerprint density at radius 3 is 1.53 bits per heavy atom. The first-order valence-electron chi connectivity index (χ1n) is 28.9. The molecule has 79 heavy (non-hydrogen) atoms. The molecule has 2 spiro atoms. The zero-order chi connectivity index (χ0) is 54.9. The molecule has 4 bridgehead atoms. The number of carboxylic acid groups (broad SMARTS) is 1. The molecule has 420 valence electrons. The molecule has 1 amide bonds. The second kappa shape index (κ2) is 17.7. The van der Waals surface area contributed by atoms with Crippen molar-refractivity contribution in [1.29, 1.82) is 0 Å². The van der Waals surface area contributed by atoms with Gasteiger partial charge in [-0.3, -0.25) is 19.4 Å². The van der Waals surface area contributed by atoms with Crippen LogP contribution >= 0.6 is 0 Å². The lowest BCUT2D eigenvalue weighted by molar-refractivity contribution is -0.203. The topological polar surface area (TPSA) is 256 Å². The molecule has 17 heteroatoms. The average molecular weight is 1080 g/mol. The van der Waals surface area contributed by atoms with Crippen molar-refractivity contribution in [3.63, 3.8) is 0 Å². The van der Waals surface area contributed by atoms with Gasteiger partial charge in [-0.1, -0.05) is 36.4 Å². The number of hydrogen-bond donors (Lipinski definition) is 10. The molecule has 6 saturated carbocycles. The van der Waals surface area contributed by atoms with Gasteiger partial charge in [0.05, 0.1) is 45.2 Å². The number of aliphatic hydroxyl groups is 4. The highest BCUT2D eigenvalue weighted by atomic mass is 16.5. The molecule has 4 aliphatic heterocycles. The van der Waals surface area contributed by atoms with E-state index in [2.05, 4.69) is 15.1 Å². The first-order chi connectivity index (χ1) is 37.7. The number of carboxylic acids is 1. The fourth-order valence-electron chi connectivity index (χ4n) is 17.2. The Morgan fingerprint density at radius 2 is 1.06 bits per heavy atom. The van der Waals surface area contributed by atoms with Crippen LogP contribution in [0.5, 0.6) is 34.5 Å². The number of rotatable bonds is 10. The van der Waals surface area contributed by atoms with E-state index >= 15 is 0 Å². The molecule has 10 N–H and O–H groups in total. The zero-order valence-electron chi connectivity index (χ0n) is 44.9. The highest BCUT2D eigenvalue weighted by Crippen LogP contribution is 2.68. The number of benzene rings is 4. The second-order valence-corrected chi connectivity index (χ2v) is 26.0. The number of likely N-dealkylation sites (tertiary alicyclic amines) is 2. The van der Waals surface area contributed by atoms with Gasteiger partial charge in [0.15, 0.2) is 23.0 Å². The molecular formula is C62H74N4O13. The van der Waals surface area contributed by atoms with Crippen molar-refractivity contribution in [1.82, 2.24) is 20.0 Å². The number of carbonyl (C=O) groups excluding carboxylic acids is 1. The molecule has 2 saturated heterocycles. The average Bonchev–Trinajstić information content (AvgIpc) is 2.43. The zero-order valence-corrected chi connectivity index (χ0v) is 44.9. The molecule has 4 aromatic rings. The number of amides is 1. The first-order valence-corrected chi connectivity index (χ1v) is 28.9. The fourth-order valence-corrected chi connectivity index (χ4v) is 17.2. The first kappa shape index (κ1) is 51.5. The third-order valence-corrected chi connectivity index (χ3v) is 21.8. The summed E-state index contributed by atoms with van der Waals surface area (Å²) in [6.45, 7) is 2.81. The van der Waals surface area contributed by atoms with Gasteiger partial charge < -0.3 is 65.6 Å². The van der Waals surface area contributed by atoms with E-state index in [-0.39, 0.29) is 82.8 Å². The Balaban J connectivity index is 0.000000121. The van der Waals surface area contributed by atoms with Gasteiger partial charge in [0, 0.05) is 55.3 Å². The van der Waals surface area contributed by atoms with E-state index in [4.69, 9.17) is 19.7 Å². The number of ether oxygens (including phenoxy) is 2. The van der Waals surface area contributed by atoms with Crippen LogP contribution in [0.2, 0.25) is 0 Å². The Morgan fingerprint density at radius 1 is 0.608 bits per heavy atom. The maximum atomic E-state index is 13.8. The minimum Gasteiger partial charge on any atom is -0.508 e. The predicted molar refractivity (Wildman–Crippen MR) is 287 cm³/mol. The highest BCUT2D eigenvalue weighted by molar-refractivity contribution is 5.83. The van der Waals surface area contributed by atoms with Crippen molar-refractivity contribution in [2.75, 3.05) is 40.3 Å². The predicted octanol–water partition coefficient (Wildman–Crippen LogP) is 4.65. The maximum Gasteiger partial charge on any atom is 0.307 e. The summed E-state index contributed by atoms with van der Waals surface area (Å²) in [5, 5.41) is 98.3. The summed E-state index contributed by atoms with van der Waals surface area (Å²) in [4.78, 5) is 30.8. The minimum absolute atomic E-state index is 0.0113. The summed E-state index contributed by atoms with van der Waals surface area (Å²) in [6.07, 6.45) is 9.79. The molecule has 0 aromatic heterocycles. The van der Waals surface area contributed by atoms with Crippen molar-refractivity contribution in [2.45, 2.75) is 171 Å². The lowest BCUT2D eigenvalue weighted by Gasteiger charge is -2.64. The summed E-state index contributed by atoms with van der Waals surface area (Å²) in [7, 11) is 3.82. The van der Waals surface area contributed by atoms with Crippen LogP contribution in [0.25, 0.3) is 0 Å². The largest absolute Gasteiger partial charge is 0.508 e. The Hall–Kier alpha value is -5.66. The molecule has 17 nitrogen and oxygen atoms in total. The number of nitrogens with one attached hydrogen (secondary N) is 1. The van der Waals surface area contributed by atoms with E-state index in [0.29, 0.717) is 56.7 Å². The van der Waals surface area contributed by atoms with Crippen LogP contribution in [0.4, 0.5) is 0 Å². The number of aliphatic carboxylic acids is 1. The summed E-state index contributed by atoms with van der Waals surface area (Å²) >= 11 is 0. The number of likely N-dealkylation sites (N-methyl/N-ethyl adjacent to an activating group) is 2. The Kier molecular flexibility index (Phi) is 11.5. The number of aromatic hydroxyl groups is 4. The molecule has 8 fully saturated rings. The third kappa shape index (κ3) is 7.65. The van der Waals surface area contributed by atoms with Crippen LogP contribution in [-0.4, -0.2) is 172 Å². The molecule has 14 atom stereocenters. The quantitative estimate of drug-likeness (QED) is 0.104. The third-order valence-electron chi connectivity index (χ3n) is 21.8. The summed E-state index contributed by atoms with van der Waals surface area (Å²) in [6, 6.07) is 21.0. The van der Waals surface area contributed by atoms with Crippen LogP contribution in [0.15, 0.2) is 72.8 Å². The number of phenols is 4. The molecule has 4 heterocycles. The van der Waals surface area contributed by atoms with Crippen molar-refractivity contribution >= 4 is 11.9 Å². The second-order valence-electron chi connectivity index (χ2n) is 26.0. The van der Waals surface area contributed by atoms with Crippen LogP contribution in [0.3, 0.4) is 0 Å². The molecule has 6 unspecified atom stereocenters. The number of carbonyl (C=O) groups is 2. The van der Waals surface area contributed by atoms with Crippen molar-refractivity contribution < 1.29 is 65.0 Å². The van der Waals surface area contributed by atoms with Gasteiger partial charge in [-0.05, 0) is 181 Å². The van der Waals surface area contributed by atoms with Gasteiger partial charge in [-0.25, -0.2) is 0 Å². The SMILES string of the molecule is CN(C(=O)C1CC1c1ccc(O)cc1)[C@@H]1CC[C@@]2(O)C3Cc4ccc(O)c5c4[C@@]2(CCN3CC2(O)CC2)[C@H]1O5.CN[C@@H]1CC[C@@]2(O)C3Cc4ccc(O)c5c4[C@@]2(CCN3CC2(O)CC2)[C@H]1O5.O=C(O)C1CC1c1ccc(O)cc1. The van der Waals surface area contributed by atoms with Gasteiger partial charge >= 0.3 is 5.97 Å². The van der Waals surface area contributed by atoms with Crippen molar-refractivity contribution in [2.24, 2.45) is 11.8 Å². The molecule has 0 radical (unpaired) electrons. The van der Waals surface area contributed by atoms with E-state index in [9.17, 15) is 45.3 Å². The molecule has 12 aliphatic rings. The van der Waals surface area contributed by atoms with Crippen LogP contribution < -0.4 is 14.8 Å². The van der Waals surface area contributed by atoms with E-state index in [1.54, 1.807) is 48.5 Å². The fraction of sp³-hybridized carbons (Fsp3) is 0.581. The van der Waals surface area contributed by atoms with Crippen LogP contribution in [0.1, 0.15) is 122 Å². The number of piperidine rings is 2. The number of phenolic OH excluding ortho intramolecular Hbond substituents is 4. The number of β-amino-alcohol motifs (C(OH)–C–C–N with tert-alkyl or cyclic N) is 2. The van der Waals surface area contributed by atoms with Gasteiger partial charge in [0.2, 0.25) is 5.91 Å². The van der Waals surface area contributed by atoms with Crippen LogP contribution in [-0.2, 0) is 33.3 Å². The van der Waals surface area contributed by atoms with E-state index in [1.165, 1.54) is 5.56 Å². The number of nitrogens with zero attached hydrogens (tertiary/aromatic N) is 3.